The summed E-state index contributed by atoms with van der Waals surface area (Å²) in [4.78, 5) is 27.7. The molecule has 0 fully saturated rings. The van der Waals surface area contributed by atoms with Crippen LogP contribution >= 0.6 is 11.6 Å². The van der Waals surface area contributed by atoms with E-state index in [2.05, 4.69) is 5.32 Å². The van der Waals surface area contributed by atoms with Crippen molar-refractivity contribution in [2.24, 2.45) is 0 Å². The fourth-order valence-corrected chi connectivity index (χ4v) is 3.55. The summed E-state index contributed by atoms with van der Waals surface area (Å²) >= 11 is 6.23. The van der Waals surface area contributed by atoms with Gasteiger partial charge in [0.15, 0.2) is 6.61 Å². The van der Waals surface area contributed by atoms with Gasteiger partial charge in [-0.3, -0.25) is 9.59 Å². The third-order valence-electron chi connectivity index (χ3n) is 5.10. The standard InChI is InChI=1S/C25H33ClN2O4/c1-7-22(25(30)27-16(2)3)28(14-19-8-10-20(31-6)11-9-19)23(29)15-32-21-12-17(4)24(26)18(5)13-21/h8-13,16,22H,7,14-15H2,1-6H3,(H,27,30)/t22-/m1/s1. The molecule has 2 rings (SSSR count). The highest BCUT2D eigenvalue weighted by atomic mass is 35.5. The van der Waals surface area contributed by atoms with E-state index in [0.717, 1.165) is 22.4 Å². The number of hydrogen-bond donors (Lipinski definition) is 1. The Bertz CT molecular complexity index is 905. The molecule has 0 saturated carbocycles. The molecule has 0 bridgehead atoms. The van der Waals surface area contributed by atoms with Gasteiger partial charge in [0.2, 0.25) is 5.91 Å². The van der Waals surface area contributed by atoms with E-state index in [9.17, 15) is 9.59 Å². The lowest BCUT2D eigenvalue weighted by molar-refractivity contribution is -0.143. The Morgan fingerprint density at radius 3 is 2.16 bits per heavy atom. The monoisotopic (exact) mass is 460 g/mol. The lowest BCUT2D eigenvalue weighted by atomic mass is 10.1. The van der Waals surface area contributed by atoms with Crippen LogP contribution in [0.4, 0.5) is 0 Å². The number of carbonyl (C=O) groups excluding carboxylic acids is 2. The Kier molecular flexibility index (Phi) is 9.39. The fourth-order valence-electron chi connectivity index (χ4n) is 3.45. The van der Waals surface area contributed by atoms with Gasteiger partial charge in [0.05, 0.1) is 7.11 Å². The molecule has 6 nitrogen and oxygen atoms in total. The Morgan fingerprint density at radius 2 is 1.66 bits per heavy atom. The van der Waals surface area contributed by atoms with Crippen LogP contribution in [0.25, 0.3) is 0 Å². The Labute approximate surface area is 195 Å². The van der Waals surface area contributed by atoms with Crippen molar-refractivity contribution in [3.63, 3.8) is 0 Å². The van der Waals surface area contributed by atoms with E-state index in [4.69, 9.17) is 21.1 Å². The van der Waals surface area contributed by atoms with E-state index >= 15 is 0 Å². The van der Waals surface area contributed by atoms with Crippen molar-refractivity contribution >= 4 is 23.4 Å². The molecule has 2 aromatic rings. The van der Waals surface area contributed by atoms with Gasteiger partial charge in [0.1, 0.15) is 17.5 Å². The van der Waals surface area contributed by atoms with Crippen molar-refractivity contribution in [1.29, 1.82) is 0 Å². The summed E-state index contributed by atoms with van der Waals surface area (Å²) in [6, 6.07) is 10.4. The van der Waals surface area contributed by atoms with Crippen LogP contribution in [0.2, 0.25) is 5.02 Å². The first kappa shape index (κ1) is 25.5. The Balaban J connectivity index is 2.24. The number of nitrogens with one attached hydrogen (secondary N) is 1. The Hall–Kier alpha value is -2.73. The average Bonchev–Trinajstić information content (AvgIpc) is 2.75. The van der Waals surface area contributed by atoms with Crippen molar-refractivity contribution in [2.75, 3.05) is 13.7 Å². The number of hydrogen-bond acceptors (Lipinski definition) is 4. The molecule has 0 radical (unpaired) electrons. The number of benzene rings is 2. The maximum absolute atomic E-state index is 13.2. The molecular formula is C25H33ClN2O4. The van der Waals surface area contributed by atoms with Gasteiger partial charge in [-0.15, -0.1) is 0 Å². The molecule has 0 aromatic heterocycles. The van der Waals surface area contributed by atoms with Crippen LogP contribution in [0.5, 0.6) is 11.5 Å². The average molecular weight is 461 g/mol. The van der Waals surface area contributed by atoms with E-state index in [1.54, 1.807) is 24.1 Å². The first-order valence-corrected chi connectivity index (χ1v) is 11.2. The summed E-state index contributed by atoms with van der Waals surface area (Å²) in [6.07, 6.45) is 0.486. The zero-order valence-electron chi connectivity index (χ0n) is 19.7. The third kappa shape index (κ3) is 6.89. The van der Waals surface area contributed by atoms with E-state index < -0.39 is 6.04 Å². The predicted molar refractivity (Wildman–Crippen MR) is 127 cm³/mol. The minimum atomic E-state index is -0.607. The molecule has 174 valence electrons. The number of amides is 2. The molecule has 7 heteroatoms. The number of halogens is 1. The van der Waals surface area contributed by atoms with Crippen LogP contribution in [0.1, 0.15) is 43.9 Å². The van der Waals surface area contributed by atoms with Crippen LogP contribution in [0.3, 0.4) is 0 Å². The summed E-state index contributed by atoms with van der Waals surface area (Å²) in [5, 5.41) is 3.60. The second kappa shape index (κ2) is 11.8. The summed E-state index contributed by atoms with van der Waals surface area (Å²) in [6.45, 7) is 9.58. The zero-order chi connectivity index (χ0) is 23.8. The number of rotatable bonds is 10. The van der Waals surface area contributed by atoms with Gasteiger partial charge in [-0.05, 0) is 75.1 Å². The Morgan fingerprint density at radius 1 is 1.06 bits per heavy atom. The van der Waals surface area contributed by atoms with Crippen molar-refractivity contribution in [3.8, 4) is 11.5 Å². The molecule has 0 unspecified atom stereocenters. The maximum Gasteiger partial charge on any atom is 0.261 e. The van der Waals surface area contributed by atoms with Crippen LogP contribution in [0, 0.1) is 13.8 Å². The molecule has 2 aromatic carbocycles. The molecule has 1 N–H and O–H groups in total. The quantitative estimate of drug-likeness (QED) is 0.559. The first-order chi connectivity index (χ1) is 15.2. The van der Waals surface area contributed by atoms with Gasteiger partial charge >= 0.3 is 0 Å². The van der Waals surface area contributed by atoms with Gasteiger partial charge < -0.3 is 19.7 Å². The third-order valence-corrected chi connectivity index (χ3v) is 5.70. The van der Waals surface area contributed by atoms with E-state index in [1.807, 2.05) is 58.9 Å². The normalized spacial score (nSPS) is 11.8. The number of aryl methyl sites for hydroxylation is 2. The van der Waals surface area contributed by atoms with E-state index in [-0.39, 0.29) is 31.0 Å². The van der Waals surface area contributed by atoms with Gasteiger partial charge in [0.25, 0.3) is 5.91 Å². The van der Waals surface area contributed by atoms with Crippen LogP contribution in [-0.2, 0) is 16.1 Å². The fraction of sp³-hybridized carbons (Fsp3) is 0.440. The van der Waals surface area contributed by atoms with E-state index in [1.165, 1.54) is 0 Å². The largest absolute Gasteiger partial charge is 0.497 e. The molecular weight excluding hydrogens is 428 g/mol. The van der Waals surface area contributed by atoms with Crippen molar-refractivity contribution < 1.29 is 19.1 Å². The number of nitrogens with zero attached hydrogens (tertiary/aromatic N) is 1. The molecule has 0 saturated heterocycles. The second-order valence-corrected chi connectivity index (χ2v) is 8.49. The van der Waals surface area contributed by atoms with Crippen LogP contribution < -0.4 is 14.8 Å². The molecule has 0 aliphatic heterocycles. The molecule has 0 heterocycles. The molecule has 0 aliphatic carbocycles. The number of carbonyl (C=O) groups is 2. The maximum atomic E-state index is 13.2. The zero-order valence-corrected chi connectivity index (χ0v) is 20.5. The summed E-state index contributed by atoms with van der Waals surface area (Å²) in [5.41, 5.74) is 2.66. The van der Waals surface area contributed by atoms with Crippen LogP contribution in [0.15, 0.2) is 36.4 Å². The summed E-state index contributed by atoms with van der Waals surface area (Å²) < 4.78 is 11.0. The minimum Gasteiger partial charge on any atom is -0.497 e. The first-order valence-electron chi connectivity index (χ1n) is 10.8. The highest BCUT2D eigenvalue weighted by Crippen LogP contribution is 2.26. The SMILES string of the molecule is CC[C@H](C(=O)NC(C)C)N(Cc1ccc(OC)cc1)C(=O)COc1cc(C)c(Cl)c(C)c1. The van der Waals surface area contributed by atoms with E-state index in [0.29, 0.717) is 17.2 Å². The smallest absolute Gasteiger partial charge is 0.261 e. The topological polar surface area (TPSA) is 67.9 Å². The predicted octanol–water partition coefficient (Wildman–Crippen LogP) is 4.68. The van der Waals surface area contributed by atoms with Gasteiger partial charge in [-0.2, -0.15) is 0 Å². The lowest BCUT2D eigenvalue weighted by Crippen LogP contribution is -2.51. The molecule has 32 heavy (non-hydrogen) atoms. The van der Waals surface area contributed by atoms with Crippen molar-refractivity contribution in [3.05, 3.63) is 58.1 Å². The molecule has 2 amide bonds. The molecule has 0 aliphatic rings. The highest BCUT2D eigenvalue weighted by molar-refractivity contribution is 6.32. The number of methoxy groups -OCH3 is 1. The highest BCUT2D eigenvalue weighted by Gasteiger charge is 2.29. The van der Waals surface area contributed by atoms with Crippen molar-refractivity contribution in [2.45, 2.75) is 59.7 Å². The minimum absolute atomic E-state index is 0.0224. The van der Waals surface area contributed by atoms with Crippen LogP contribution in [-0.4, -0.2) is 42.5 Å². The lowest BCUT2D eigenvalue weighted by Gasteiger charge is -2.31. The summed E-state index contributed by atoms with van der Waals surface area (Å²) in [5.74, 6) is 0.856. The number of ether oxygens (including phenoxy) is 2. The molecule has 0 spiro atoms. The van der Waals surface area contributed by atoms with Crippen molar-refractivity contribution in [1.82, 2.24) is 10.2 Å². The second-order valence-electron chi connectivity index (χ2n) is 8.12. The van der Waals surface area contributed by atoms with Gasteiger partial charge in [0, 0.05) is 17.6 Å². The van der Waals surface area contributed by atoms with Gasteiger partial charge in [-0.1, -0.05) is 30.7 Å². The molecule has 1 atom stereocenters. The summed E-state index contributed by atoms with van der Waals surface area (Å²) in [7, 11) is 1.60. The van der Waals surface area contributed by atoms with Gasteiger partial charge in [-0.25, -0.2) is 0 Å².